The van der Waals surface area contributed by atoms with Crippen LogP contribution in [0.3, 0.4) is 0 Å². The molecule has 0 atom stereocenters. The van der Waals surface area contributed by atoms with Crippen LogP contribution in [-0.2, 0) is 16.0 Å². The Kier molecular flexibility index (Phi) is 7.00. The molecule has 2 aromatic rings. The number of carboxylic acid groups (broad SMARTS) is 1. The van der Waals surface area contributed by atoms with Gasteiger partial charge in [0.25, 0.3) is 0 Å². The van der Waals surface area contributed by atoms with Gasteiger partial charge in [0.15, 0.2) is 0 Å². The number of carbonyl (C=O) groups is 2. The van der Waals surface area contributed by atoms with Crippen LogP contribution in [0.1, 0.15) is 18.4 Å². The molecule has 0 bridgehead atoms. The predicted octanol–water partition coefficient (Wildman–Crippen LogP) is 5.88. The van der Waals surface area contributed by atoms with E-state index in [1.807, 2.05) is 54.6 Å². The van der Waals surface area contributed by atoms with Crippen molar-refractivity contribution < 1.29 is 19.4 Å². The summed E-state index contributed by atoms with van der Waals surface area (Å²) in [4.78, 5) is 23.7. The van der Waals surface area contributed by atoms with Crippen molar-refractivity contribution in [3.8, 4) is 28.0 Å². The molecule has 0 fully saturated rings. The first-order valence-corrected chi connectivity index (χ1v) is 10.9. The summed E-state index contributed by atoms with van der Waals surface area (Å²) in [7, 11) is 0. The zero-order valence-electron chi connectivity index (χ0n) is 18.2. The fraction of sp³-hybridized carbons (Fsp3) is 0.143. The molecule has 1 amide bonds. The van der Waals surface area contributed by atoms with Crippen LogP contribution in [0.15, 0.2) is 91.0 Å². The predicted molar refractivity (Wildman–Crippen MR) is 130 cm³/mol. The summed E-state index contributed by atoms with van der Waals surface area (Å²) in [5.74, 6) is -0.472. The van der Waals surface area contributed by atoms with Crippen LogP contribution in [0, 0.1) is 0 Å². The molecule has 4 rings (SSSR count). The van der Waals surface area contributed by atoms with Gasteiger partial charge in [-0.15, -0.1) is 0 Å². The van der Waals surface area contributed by atoms with Gasteiger partial charge in [0.1, 0.15) is 5.75 Å². The molecular formula is C28H25NO4. The lowest BCUT2D eigenvalue weighted by atomic mass is 10.0. The highest BCUT2D eigenvalue weighted by Gasteiger charge is 2.18. The lowest BCUT2D eigenvalue weighted by Gasteiger charge is -2.12. The highest BCUT2D eigenvalue weighted by Crippen LogP contribution is 2.38. The van der Waals surface area contributed by atoms with E-state index >= 15 is 0 Å². The van der Waals surface area contributed by atoms with Gasteiger partial charge >= 0.3 is 5.97 Å². The topological polar surface area (TPSA) is 75.6 Å². The maximum atomic E-state index is 13.0. The minimum Gasteiger partial charge on any atom is -0.491 e. The Morgan fingerprint density at radius 3 is 2.21 bits per heavy atom. The van der Waals surface area contributed by atoms with Crippen LogP contribution in [0.2, 0.25) is 0 Å². The summed E-state index contributed by atoms with van der Waals surface area (Å²) in [5, 5.41) is 11.7. The minimum absolute atomic E-state index is 0.0414. The molecule has 5 heteroatoms. The highest BCUT2D eigenvalue weighted by molar-refractivity contribution is 5.97. The number of fused-ring (bicyclic) bond motifs is 1. The third-order valence-electron chi connectivity index (χ3n) is 5.38. The van der Waals surface area contributed by atoms with E-state index < -0.39 is 5.97 Å². The molecule has 0 radical (unpaired) electrons. The van der Waals surface area contributed by atoms with Crippen LogP contribution in [0.4, 0.5) is 5.69 Å². The number of para-hydroxylation sites is 2. The molecule has 33 heavy (non-hydrogen) atoms. The number of carboxylic acids is 1. The van der Waals surface area contributed by atoms with Crippen LogP contribution in [0.5, 0.6) is 5.75 Å². The van der Waals surface area contributed by atoms with E-state index in [0.29, 0.717) is 17.9 Å². The minimum atomic E-state index is -0.856. The molecule has 0 saturated heterocycles. The van der Waals surface area contributed by atoms with Gasteiger partial charge in [-0.3, -0.25) is 9.59 Å². The standard InChI is InChI=1S/C28H25NO4/c30-27(29-25-14-7-8-15-26(25)33-17-9-16-28(31)32)19-21-18-24(20-10-3-1-4-11-20)23-13-6-2-5-12-22(21)23/h1-8,10-15,18H,9,16-17,19H2,(H,29,30)(H,31,32). The van der Waals surface area contributed by atoms with Gasteiger partial charge in [0.05, 0.1) is 18.7 Å². The van der Waals surface area contributed by atoms with Crippen molar-refractivity contribution in [2.24, 2.45) is 0 Å². The van der Waals surface area contributed by atoms with Crippen molar-refractivity contribution >= 4 is 17.6 Å². The Balaban J connectivity index is 1.52. The first-order valence-electron chi connectivity index (χ1n) is 10.9. The molecular weight excluding hydrogens is 414 g/mol. The second kappa shape index (κ2) is 10.5. The van der Waals surface area contributed by atoms with Crippen LogP contribution in [-0.4, -0.2) is 23.6 Å². The van der Waals surface area contributed by atoms with Crippen LogP contribution < -0.4 is 10.1 Å². The first kappa shape index (κ1) is 22.1. The number of nitrogens with one attached hydrogen (secondary N) is 1. The number of hydrogen-bond donors (Lipinski definition) is 2. The summed E-state index contributed by atoms with van der Waals surface area (Å²) in [6.07, 6.45) is 0.664. The Labute approximate surface area is 193 Å². The molecule has 166 valence electrons. The third kappa shape index (κ3) is 5.57. The van der Waals surface area contributed by atoms with E-state index in [1.54, 1.807) is 12.1 Å². The maximum Gasteiger partial charge on any atom is 0.303 e. The number of carbonyl (C=O) groups excluding carboxylic acids is 1. The zero-order chi connectivity index (χ0) is 23.0. The molecule has 0 aromatic heterocycles. The van der Waals surface area contributed by atoms with Gasteiger partial charge in [-0.1, -0.05) is 72.8 Å². The van der Waals surface area contributed by atoms with E-state index in [1.165, 1.54) is 0 Å². The number of benzene rings is 2. The van der Waals surface area contributed by atoms with Crippen molar-refractivity contribution in [2.75, 3.05) is 11.9 Å². The maximum absolute atomic E-state index is 13.0. The monoisotopic (exact) mass is 439 g/mol. The molecule has 5 nitrogen and oxygen atoms in total. The number of ether oxygens (including phenoxy) is 1. The van der Waals surface area contributed by atoms with Gasteiger partial charge in [-0.05, 0) is 52.4 Å². The molecule has 0 unspecified atom stereocenters. The van der Waals surface area contributed by atoms with Crippen molar-refractivity contribution in [1.82, 2.24) is 0 Å². The summed E-state index contributed by atoms with van der Waals surface area (Å²) in [6, 6.07) is 29.5. The molecule has 2 aromatic carbocycles. The number of hydrogen-bond acceptors (Lipinski definition) is 3. The first-order chi connectivity index (χ1) is 16.1. The average molecular weight is 440 g/mol. The van der Waals surface area contributed by atoms with Crippen molar-refractivity contribution in [2.45, 2.75) is 19.3 Å². The lowest BCUT2D eigenvalue weighted by Crippen LogP contribution is -2.15. The Bertz CT molecular complexity index is 1220. The normalized spacial score (nSPS) is 10.7. The number of rotatable bonds is 9. The second-order valence-electron chi connectivity index (χ2n) is 7.75. The quantitative estimate of drug-likeness (QED) is 0.319. The smallest absolute Gasteiger partial charge is 0.303 e. The van der Waals surface area contributed by atoms with Gasteiger partial charge < -0.3 is 15.2 Å². The van der Waals surface area contributed by atoms with E-state index in [9.17, 15) is 9.59 Å². The Morgan fingerprint density at radius 1 is 0.788 bits per heavy atom. The largest absolute Gasteiger partial charge is 0.491 e. The zero-order valence-corrected chi connectivity index (χ0v) is 18.2. The fourth-order valence-electron chi connectivity index (χ4n) is 3.86. The average Bonchev–Trinajstić information content (AvgIpc) is 2.98. The van der Waals surface area contributed by atoms with Gasteiger partial charge in [-0.2, -0.15) is 0 Å². The molecule has 2 aliphatic rings. The third-order valence-corrected chi connectivity index (χ3v) is 5.38. The Morgan fingerprint density at radius 2 is 1.45 bits per heavy atom. The van der Waals surface area contributed by atoms with Crippen LogP contribution in [0.25, 0.3) is 22.3 Å². The highest BCUT2D eigenvalue weighted by atomic mass is 16.5. The Hall–Kier alpha value is -4.12. The summed E-state index contributed by atoms with van der Waals surface area (Å²) < 4.78 is 5.71. The van der Waals surface area contributed by atoms with Crippen molar-refractivity contribution in [1.29, 1.82) is 0 Å². The van der Waals surface area contributed by atoms with E-state index in [0.717, 1.165) is 27.8 Å². The number of anilines is 1. The van der Waals surface area contributed by atoms with Gasteiger partial charge in [-0.25, -0.2) is 0 Å². The summed E-state index contributed by atoms with van der Waals surface area (Å²) in [5.41, 5.74) is 5.90. The van der Waals surface area contributed by atoms with Crippen molar-refractivity contribution in [3.63, 3.8) is 0 Å². The summed E-state index contributed by atoms with van der Waals surface area (Å²) in [6.45, 7) is 0.267. The lowest BCUT2D eigenvalue weighted by molar-refractivity contribution is -0.137. The summed E-state index contributed by atoms with van der Waals surface area (Å²) >= 11 is 0. The second-order valence-corrected chi connectivity index (χ2v) is 7.75. The molecule has 0 spiro atoms. The van der Waals surface area contributed by atoms with E-state index in [2.05, 4.69) is 29.6 Å². The molecule has 0 saturated carbocycles. The fourth-order valence-corrected chi connectivity index (χ4v) is 3.86. The van der Waals surface area contributed by atoms with Gasteiger partial charge in [0.2, 0.25) is 5.91 Å². The van der Waals surface area contributed by atoms with E-state index in [-0.39, 0.29) is 25.4 Å². The SMILES string of the molecule is O=C(O)CCCOc1ccccc1NC(=O)Cc1cc(-c2ccccc2)c2cccccc1-2. The molecule has 0 aliphatic heterocycles. The number of amides is 1. The van der Waals surface area contributed by atoms with Gasteiger partial charge in [0, 0.05) is 6.42 Å². The number of aliphatic carboxylic acids is 1. The molecule has 2 N–H and O–H groups in total. The van der Waals surface area contributed by atoms with Crippen LogP contribution >= 0.6 is 0 Å². The van der Waals surface area contributed by atoms with Crippen molar-refractivity contribution in [3.05, 3.63) is 96.6 Å². The molecule has 0 heterocycles. The van der Waals surface area contributed by atoms with E-state index in [4.69, 9.17) is 9.84 Å². The molecule has 2 aliphatic carbocycles.